The second-order valence-electron chi connectivity index (χ2n) is 11.9. The third-order valence-corrected chi connectivity index (χ3v) is 6.88. The minimum Gasteiger partial charge on any atom is -0.476 e. The lowest BCUT2D eigenvalue weighted by molar-refractivity contribution is 0.0523. The number of thiazole rings is 1. The Kier molecular flexibility index (Phi) is 7.80. The van der Waals surface area contributed by atoms with Gasteiger partial charge in [-0.05, 0) is 68.9 Å². The smallest absolute Gasteiger partial charge is 0.407 e. The van der Waals surface area contributed by atoms with Crippen molar-refractivity contribution in [3.8, 4) is 21.7 Å². The summed E-state index contributed by atoms with van der Waals surface area (Å²) in [5.41, 5.74) is 5.97. The summed E-state index contributed by atoms with van der Waals surface area (Å²) in [6.45, 7) is 14.3. The number of carboxylic acids is 1. The number of aromatic carboxylic acids is 1. The third kappa shape index (κ3) is 7.00. The molecule has 0 unspecified atom stereocenters. The number of rotatable bonds is 6. The number of carbonyl (C=O) groups is 2. The first-order chi connectivity index (χ1) is 18.2. The molecule has 1 amide bonds. The number of benzene rings is 2. The standard InChI is InChI=1S/C31H35N3O4S/c1-18-8-10-19(11-9-18)26-21-14-20(27-34-25(17-39-27)28(35)36)12-13-23(21)33-24(15-30(2,3)4)22(26)16-32-29(37)38-31(5,6)7/h8-14,17H,15-16H2,1-7H3,(H,32,37)(H,35,36). The van der Waals surface area contributed by atoms with Gasteiger partial charge >= 0.3 is 12.1 Å². The number of carbonyl (C=O) groups excluding carboxylic acids is 1. The van der Waals surface area contributed by atoms with Crippen LogP contribution in [0.5, 0.6) is 0 Å². The summed E-state index contributed by atoms with van der Waals surface area (Å²) in [7, 11) is 0. The maximum Gasteiger partial charge on any atom is 0.407 e. The molecular formula is C31H35N3O4S. The Balaban J connectivity index is 1.94. The van der Waals surface area contributed by atoms with E-state index in [1.54, 1.807) is 5.38 Å². The first-order valence-electron chi connectivity index (χ1n) is 12.9. The van der Waals surface area contributed by atoms with Crippen LogP contribution in [-0.2, 0) is 17.7 Å². The van der Waals surface area contributed by atoms with Crippen LogP contribution in [0, 0.1) is 12.3 Å². The van der Waals surface area contributed by atoms with Gasteiger partial charge < -0.3 is 15.2 Å². The van der Waals surface area contributed by atoms with Crippen molar-refractivity contribution in [1.29, 1.82) is 0 Å². The number of carboxylic acid groups (broad SMARTS) is 1. The van der Waals surface area contributed by atoms with Gasteiger partial charge in [-0.1, -0.05) is 50.6 Å². The van der Waals surface area contributed by atoms with E-state index in [1.807, 2.05) is 45.9 Å². The second kappa shape index (κ2) is 10.8. The lowest BCUT2D eigenvalue weighted by Crippen LogP contribution is -2.32. The Labute approximate surface area is 233 Å². The molecule has 0 aliphatic rings. The number of nitrogens with one attached hydrogen (secondary N) is 1. The fourth-order valence-electron chi connectivity index (χ4n) is 4.35. The van der Waals surface area contributed by atoms with Crippen LogP contribution in [0.15, 0.2) is 47.8 Å². The zero-order chi connectivity index (χ0) is 28.5. The molecule has 0 aliphatic carbocycles. The van der Waals surface area contributed by atoms with Gasteiger partial charge in [0.1, 0.15) is 10.6 Å². The normalized spacial score (nSPS) is 12.0. The molecule has 7 nitrogen and oxygen atoms in total. The van der Waals surface area contributed by atoms with Crippen LogP contribution in [0.3, 0.4) is 0 Å². The molecule has 2 heterocycles. The molecule has 4 aromatic rings. The van der Waals surface area contributed by atoms with Crippen LogP contribution in [0.25, 0.3) is 32.6 Å². The fraction of sp³-hybridized carbons (Fsp3) is 0.355. The predicted octanol–water partition coefficient (Wildman–Crippen LogP) is 7.65. The second-order valence-corrected chi connectivity index (χ2v) is 12.8. The van der Waals surface area contributed by atoms with E-state index < -0.39 is 17.7 Å². The van der Waals surface area contributed by atoms with Gasteiger partial charge in [0, 0.05) is 34.1 Å². The highest BCUT2D eigenvalue weighted by Crippen LogP contribution is 2.38. The molecule has 39 heavy (non-hydrogen) atoms. The van der Waals surface area contributed by atoms with Crippen molar-refractivity contribution < 1.29 is 19.4 Å². The summed E-state index contributed by atoms with van der Waals surface area (Å²) < 4.78 is 5.52. The van der Waals surface area contributed by atoms with Gasteiger partial charge in [-0.3, -0.25) is 4.98 Å². The molecule has 0 spiro atoms. The van der Waals surface area contributed by atoms with Gasteiger partial charge in [-0.2, -0.15) is 0 Å². The number of fused-ring (bicyclic) bond motifs is 1. The van der Waals surface area contributed by atoms with Crippen LogP contribution < -0.4 is 5.32 Å². The van der Waals surface area contributed by atoms with Gasteiger partial charge in [0.05, 0.1) is 5.52 Å². The fourth-order valence-corrected chi connectivity index (χ4v) is 5.15. The van der Waals surface area contributed by atoms with Crippen molar-refractivity contribution >= 4 is 34.3 Å². The molecule has 0 bridgehead atoms. The van der Waals surface area contributed by atoms with Crippen molar-refractivity contribution in [3.05, 3.63) is 70.4 Å². The van der Waals surface area contributed by atoms with Gasteiger partial charge in [-0.25, -0.2) is 14.6 Å². The molecule has 0 radical (unpaired) electrons. The van der Waals surface area contributed by atoms with Gasteiger partial charge in [-0.15, -0.1) is 11.3 Å². The number of aromatic nitrogens is 2. The molecule has 0 fully saturated rings. The first kappa shape index (κ1) is 28.2. The molecule has 0 atom stereocenters. The van der Waals surface area contributed by atoms with E-state index in [-0.39, 0.29) is 17.7 Å². The van der Waals surface area contributed by atoms with Crippen molar-refractivity contribution in [3.63, 3.8) is 0 Å². The van der Waals surface area contributed by atoms with E-state index in [2.05, 4.69) is 55.3 Å². The Hall–Kier alpha value is -3.78. The Morgan fingerprint density at radius 2 is 1.64 bits per heavy atom. The van der Waals surface area contributed by atoms with Crippen LogP contribution >= 0.6 is 11.3 Å². The maximum absolute atomic E-state index is 12.7. The summed E-state index contributed by atoms with van der Waals surface area (Å²) in [5, 5.41) is 15.4. The van der Waals surface area contributed by atoms with Gasteiger partial charge in [0.25, 0.3) is 0 Å². The van der Waals surface area contributed by atoms with Crippen molar-refractivity contribution in [1.82, 2.24) is 15.3 Å². The van der Waals surface area contributed by atoms with Crippen molar-refractivity contribution in [2.45, 2.75) is 67.0 Å². The number of aryl methyl sites for hydroxylation is 1. The van der Waals surface area contributed by atoms with E-state index in [1.165, 1.54) is 11.3 Å². The number of nitrogens with zero attached hydrogens (tertiary/aromatic N) is 2. The minimum atomic E-state index is -1.05. The van der Waals surface area contributed by atoms with Crippen LogP contribution in [0.1, 0.15) is 68.9 Å². The summed E-state index contributed by atoms with van der Waals surface area (Å²) in [4.78, 5) is 33.5. The largest absolute Gasteiger partial charge is 0.476 e. The highest BCUT2D eigenvalue weighted by molar-refractivity contribution is 7.13. The van der Waals surface area contributed by atoms with Gasteiger partial charge in [0.15, 0.2) is 5.69 Å². The Morgan fingerprint density at radius 1 is 0.974 bits per heavy atom. The number of ether oxygens (including phenoxy) is 1. The number of alkyl carbamates (subject to hydrolysis) is 1. The Morgan fingerprint density at radius 3 is 2.23 bits per heavy atom. The molecular weight excluding hydrogens is 510 g/mol. The molecule has 2 aromatic heterocycles. The van der Waals surface area contributed by atoms with E-state index in [0.717, 1.165) is 44.4 Å². The topological polar surface area (TPSA) is 101 Å². The zero-order valence-electron chi connectivity index (χ0n) is 23.5. The molecule has 2 N–H and O–H groups in total. The van der Waals surface area contributed by atoms with Crippen LogP contribution in [0.2, 0.25) is 0 Å². The molecule has 4 rings (SSSR count). The van der Waals surface area contributed by atoms with E-state index >= 15 is 0 Å². The Bertz CT molecular complexity index is 1530. The lowest BCUT2D eigenvalue weighted by atomic mass is 9.85. The molecule has 8 heteroatoms. The highest BCUT2D eigenvalue weighted by Gasteiger charge is 2.23. The molecule has 204 valence electrons. The zero-order valence-corrected chi connectivity index (χ0v) is 24.3. The number of pyridine rings is 1. The third-order valence-electron chi connectivity index (χ3n) is 5.99. The number of amides is 1. The minimum absolute atomic E-state index is 0.0229. The monoisotopic (exact) mass is 545 g/mol. The molecule has 2 aromatic carbocycles. The average Bonchev–Trinajstić information content (AvgIpc) is 3.31. The summed E-state index contributed by atoms with van der Waals surface area (Å²) in [5.74, 6) is -1.05. The van der Waals surface area contributed by atoms with Crippen LogP contribution in [0.4, 0.5) is 4.79 Å². The first-order valence-corrected chi connectivity index (χ1v) is 13.8. The van der Waals surface area contributed by atoms with Crippen molar-refractivity contribution in [2.75, 3.05) is 0 Å². The number of hydrogen-bond donors (Lipinski definition) is 2. The summed E-state index contributed by atoms with van der Waals surface area (Å²) in [6.07, 6.45) is 0.223. The quantitative estimate of drug-likeness (QED) is 0.258. The summed E-state index contributed by atoms with van der Waals surface area (Å²) in [6, 6.07) is 14.2. The average molecular weight is 546 g/mol. The predicted molar refractivity (Wildman–Crippen MR) is 156 cm³/mol. The lowest BCUT2D eigenvalue weighted by Gasteiger charge is -2.24. The SMILES string of the molecule is Cc1ccc(-c2c(CNC(=O)OC(C)(C)C)c(CC(C)(C)C)nc3ccc(-c4nc(C(=O)O)cs4)cc23)cc1. The van der Waals surface area contributed by atoms with Crippen molar-refractivity contribution in [2.24, 2.45) is 5.41 Å². The van der Waals surface area contributed by atoms with E-state index in [9.17, 15) is 14.7 Å². The van der Waals surface area contributed by atoms with E-state index in [4.69, 9.17) is 9.72 Å². The van der Waals surface area contributed by atoms with E-state index in [0.29, 0.717) is 11.4 Å². The van der Waals surface area contributed by atoms with Gasteiger partial charge in [0.2, 0.25) is 0 Å². The summed E-state index contributed by atoms with van der Waals surface area (Å²) >= 11 is 1.29. The molecule has 0 saturated carbocycles. The number of hydrogen-bond acceptors (Lipinski definition) is 6. The maximum atomic E-state index is 12.7. The highest BCUT2D eigenvalue weighted by atomic mass is 32.1. The van der Waals surface area contributed by atoms with Crippen LogP contribution in [-0.4, -0.2) is 32.7 Å². The molecule has 0 saturated heterocycles. The molecule has 0 aliphatic heterocycles.